The topological polar surface area (TPSA) is 60.7 Å². The number of rotatable bonds is 2. The number of benzene rings is 2. The number of hydrogen-bond donors (Lipinski definition) is 3. The molecule has 1 aliphatic rings. The zero-order valence-corrected chi connectivity index (χ0v) is 12.9. The van der Waals surface area contributed by atoms with Crippen LogP contribution in [0.15, 0.2) is 60.7 Å². The highest BCUT2D eigenvalue weighted by molar-refractivity contribution is 6.08. The maximum atomic E-state index is 11.7. The number of carbonyl (C=O) groups excluding carboxylic acids is 1. The summed E-state index contributed by atoms with van der Waals surface area (Å²) in [6, 6.07) is 18.6. The van der Waals surface area contributed by atoms with E-state index < -0.39 is 0 Å². The summed E-state index contributed by atoms with van der Waals surface area (Å²) in [6.07, 6.45) is 1.70. The fourth-order valence-corrected chi connectivity index (χ4v) is 3.49. The number of nitrogens with one attached hydrogen (secondary N) is 3. The fourth-order valence-electron chi connectivity index (χ4n) is 3.49. The number of aromatic nitrogens is 2. The van der Waals surface area contributed by atoms with E-state index in [0.717, 1.165) is 38.9 Å². The summed E-state index contributed by atoms with van der Waals surface area (Å²) in [4.78, 5) is 18.7. The van der Waals surface area contributed by atoms with E-state index in [1.54, 1.807) is 6.08 Å². The average molecular weight is 313 g/mol. The Morgan fingerprint density at radius 3 is 2.46 bits per heavy atom. The van der Waals surface area contributed by atoms with Gasteiger partial charge < -0.3 is 15.3 Å². The number of para-hydroxylation sites is 2. The highest BCUT2D eigenvalue weighted by Crippen LogP contribution is 2.36. The number of carbonyl (C=O) groups is 1. The lowest BCUT2D eigenvalue weighted by Gasteiger charge is -2.04. The van der Waals surface area contributed by atoms with E-state index in [1.807, 2.05) is 24.3 Å². The molecule has 116 valence electrons. The molecule has 0 fully saturated rings. The Morgan fingerprint density at radius 1 is 0.875 bits per heavy atom. The highest BCUT2D eigenvalue weighted by atomic mass is 16.1. The van der Waals surface area contributed by atoms with E-state index in [2.05, 4.69) is 45.6 Å². The van der Waals surface area contributed by atoms with Gasteiger partial charge in [-0.2, -0.15) is 0 Å². The van der Waals surface area contributed by atoms with Gasteiger partial charge in [0.1, 0.15) is 0 Å². The largest absolute Gasteiger partial charge is 0.353 e. The van der Waals surface area contributed by atoms with Crippen molar-refractivity contribution in [3.05, 3.63) is 66.2 Å². The van der Waals surface area contributed by atoms with Crippen LogP contribution in [-0.4, -0.2) is 22.4 Å². The second-order valence-corrected chi connectivity index (χ2v) is 6.08. The van der Waals surface area contributed by atoms with E-state index in [-0.39, 0.29) is 5.91 Å². The summed E-state index contributed by atoms with van der Waals surface area (Å²) >= 11 is 0. The third-order valence-electron chi connectivity index (χ3n) is 4.58. The summed E-state index contributed by atoms with van der Waals surface area (Å²) in [7, 11) is 0. The number of hydrogen-bond acceptors (Lipinski definition) is 1. The normalized spacial score (nSPS) is 14.3. The Labute approximate surface area is 138 Å². The molecule has 4 aromatic rings. The van der Waals surface area contributed by atoms with E-state index in [1.165, 1.54) is 5.39 Å². The van der Waals surface area contributed by atoms with Crippen LogP contribution in [0, 0.1) is 0 Å². The van der Waals surface area contributed by atoms with Gasteiger partial charge in [-0.05, 0) is 23.8 Å². The van der Waals surface area contributed by atoms with Gasteiger partial charge in [-0.25, -0.2) is 0 Å². The van der Waals surface area contributed by atoms with E-state index >= 15 is 0 Å². The summed E-state index contributed by atoms with van der Waals surface area (Å²) in [5.41, 5.74) is 6.34. The third-order valence-corrected chi connectivity index (χ3v) is 4.58. The van der Waals surface area contributed by atoms with Crippen LogP contribution in [0.4, 0.5) is 0 Å². The minimum atomic E-state index is -0.0297. The Kier molecular flexibility index (Phi) is 2.67. The van der Waals surface area contributed by atoms with Gasteiger partial charge in [0.2, 0.25) is 5.91 Å². The first-order valence-corrected chi connectivity index (χ1v) is 7.97. The first kappa shape index (κ1) is 13.2. The summed E-state index contributed by atoms with van der Waals surface area (Å²) < 4.78 is 0. The minimum Gasteiger partial charge on any atom is -0.353 e. The number of aromatic amines is 2. The quantitative estimate of drug-likeness (QED) is 0.517. The predicted molar refractivity (Wildman–Crippen MR) is 96.6 cm³/mol. The van der Waals surface area contributed by atoms with Crippen LogP contribution in [-0.2, 0) is 4.79 Å². The molecule has 1 amide bonds. The number of H-pyrrole nitrogens is 2. The molecule has 0 bridgehead atoms. The monoisotopic (exact) mass is 313 g/mol. The smallest absolute Gasteiger partial charge is 0.244 e. The van der Waals surface area contributed by atoms with Crippen LogP contribution in [0.1, 0.15) is 5.56 Å². The first-order valence-electron chi connectivity index (χ1n) is 7.97. The lowest BCUT2D eigenvalue weighted by atomic mass is 10.0. The van der Waals surface area contributed by atoms with Crippen molar-refractivity contribution < 1.29 is 4.79 Å². The lowest BCUT2D eigenvalue weighted by molar-refractivity contribution is -0.115. The molecule has 0 saturated carbocycles. The molecule has 0 aliphatic carbocycles. The molecule has 0 unspecified atom stereocenters. The van der Waals surface area contributed by atoms with E-state index in [4.69, 9.17) is 0 Å². The van der Waals surface area contributed by atoms with Crippen molar-refractivity contribution in [1.29, 1.82) is 0 Å². The zero-order chi connectivity index (χ0) is 16.1. The van der Waals surface area contributed by atoms with Crippen LogP contribution in [0.2, 0.25) is 0 Å². The van der Waals surface area contributed by atoms with Crippen molar-refractivity contribution >= 4 is 33.3 Å². The Balaban J connectivity index is 1.81. The molecule has 2 aromatic carbocycles. The van der Waals surface area contributed by atoms with Gasteiger partial charge in [-0.3, -0.25) is 4.79 Å². The van der Waals surface area contributed by atoms with Crippen molar-refractivity contribution in [2.75, 3.05) is 6.54 Å². The van der Waals surface area contributed by atoms with Crippen molar-refractivity contribution in [2.24, 2.45) is 0 Å². The summed E-state index contributed by atoms with van der Waals surface area (Å²) in [5.74, 6) is -0.0297. The van der Waals surface area contributed by atoms with Gasteiger partial charge in [-0.1, -0.05) is 36.4 Å². The van der Waals surface area contributed by atoms with E-state index in [9.17, 15) is 4.79 Å². The van der Waals surface area contributed by atoms with Crippen LogP contribution in [0.5, 0.6) is 0 Å². The number of amides is 1. The van der Waals surface area contributed by atoms with Crippen molar-refractivity contribution in [3.8, 4) is 11.4 Å². The first-order chi connectivity index (χ1) is 11.8. The molecule has 0 atom stereocenters. The molecule has 3 N–H and O–H groups in total. The van der Waals surface area contributed by atoms with Gasteiger partial charge in [0.25, 0.3) is 0 Å². The van der Waals surface area contributed by atoms with Crippen molar-refractivity contribution in [3.63, 3.8) is 0 Å². The van der Waals surface area contributed by atoms with Crippen molar-refractivity contribution in [2.45, 2.75) is 0 Å². The van der Waals surface area contributed by atoms with Gasteiger partial charge in [0.05, 0.1) is 11.4 Å². The second-order valence-electron chi connectivity index (χ2n) is 6.08. The molecule has 0 spiro atoms. The molecule has 1 aliphatic heterocycles. The second kappa shape index (κ2) is 4.86. The highest BCUT2D eigenvalue weighted by Gasteiger charge is 2.21. The van der Waals surface area contributed by atoms with Crippen LogP contribution >= 0.6 is 0 Å². The Bertz CT molecular complexity index is 1100. The number of fused-ring (bicyclic) bond motifs is 2. The molecule has 4 heteroatoms. The van der Waals surface area contributed by atoms with Crippen LogP contribution in [0.25, 0.3) is 38.8 Å². The maximum absolute atomic E-state index is 11.7. The Morgan fingerprint density at radius 2 is 1.67 bits per heavy atom. The molecule has 4 nitrogen and oxygen atoms in total. The predicted octanol–water partition coefficient (Wildman–Crippen LogP) is 3.83. The van der Waals surface area contributed by atoms with Crippen LogP contribution in [0.3, 0.4) is 0 Å². The fraction of sp³-hybridized carbons (Fsp3) is 0.0500. The molecular formula is C20H15N3O. The summed E-state index contributed by atoms with van der Waals surface area (Å²) in [6.45, 7) is 0.563. The molecule has 3 heterocycles. The van der Waals surface area contributed by atoms with Gasteiger partial charge in [0.15, 0.2) is 0 Å². The average Bonchev–Trinajstić information content (AvgIpc) is 3.29. The Hall–Kier alpha value is -3.27. The minimum absolute atomic E-state index is 0.0297. The standard InChI is InChI=1S/C20H15N3O/c24-18-10-13(11-21-18)19-14-6-2-4-8-16(14)23-20(19)17-9-12-5-1-3-7-15(12)22-17/h1-10,22-23H,11H2,(H,21,24). The van der Waals surface area contributed by atoms with Gasteiger partial charge >= 0.3 is 0 Å². The molecule has 0 saturated heterocycles. The SMILES string of the molecule is O=C1C=C(c2c(-c3cc4ccccc4[nH]3)[nH]c3ccccc23)CN1. The van der Waals surface area contributed by atoms with Gasteiger partial charge in [0, 0.05) is 40.0 Å². The molecule has 24 heavy (non-hydrogen) atoms. The summed E-state index contributed by atoms with van der Waals surface area (Å²) in [5, 5.41) is 5.18. The third kappa shape index (κ3) is 1.90. The zero-order valence-electron chi connectivity index (χ0n) is 12.9. The van der Waals surface area contributed by atoms with Crippen LogP contribution < -0.4 is 5.32 Å². The molecular weight excluding hydrogens is 298 g/mol. The van der Waals surface area contributed by atoms with Gasteiger partial charge in [-0.15, -0.1) is 0 Å². The van der Waals surface area contributed by atoms with E-state index in [0.29, 0.717) is 6.54 Å². The lowest BCUT2D eigenvalue weighted by Crippen LogP contribution is -2.14. The molecule has 0 radical (unpaired) electrons. The molecule has 5 rings (SSSR count). The maximum Gasteiger partial charge on any atom is 0.244 e. The van der Waals surface area contributed by atoms with Crippen molar-refractivity contribution in [1.82, 2.24) is 15.3 Å². The molecule has 2 aromatic heterocycles.